The molecule has 1 unspecified atom stereocenters. The zero-order valence-electron chi connectivity index (χ0n) is 12.9. The lowest BCUT2D eigenvalue weighted by atomic mass is 10.1. The number of fused-ring (bicyclic) bond motifs is 1. The van der Waals surface area contributed by atoms with Crippen LogP contribution in [0.1, 0.15) is 11.1 Å². The summed E-state index contributed by atoms with van der Waals surface area (Å²) in [6.07, 6.45) is 0. The zero-order valence-corrected chi connectivity index (χ0v) is 14.4. The maximum Gasteiger partial charge on any atom is 0.255 e. The minimum absolute atomic E-state index is 0.00897. The molecule has 2 N–H and O–H groups in total. The van der Waals surface area contributed by atoms with Crippen molar-refractivity contribution in [1.82, 2.24) is 10.6 Å². The normalized spacial score (nSPS) is 19.7. The smallest absolute Gasteiger partial charge is 0.255 e. The van der Waals surface area contributed by atoms with Gasteiger partial charge >= 0.3 is 0 Å². The van der Waals surface area contributed by atoms with Crippen molar-refractivity contribution in [3.63, 3.8) is 0 Å². The summed E-state index contributed by atoms with van der Waals surface area (Å²) < 4.78 is 0. The molecule has 1 amide bonds. The Labute approximate surface area is 150 Å². The van der Waals surface area contributed by atoms with E-state index >= 15 is 0 Å². The van der Waals surface area contributed by atoms with Crippen molar-refractivity contribution >= 4 is 40.5 Å². The lowest BCUT2D eigenvalue weighted by Crippen LogP contribution is -2.38. The van der Waals surface area contributed by atoms with E-state index in [0.717, 1.165) is 28.2 Å². The van der Waals surface area contributed by atoms with E-state index in [9.17, 15) is 4.79 Å². The Hall–Kier alpha value is -2.01. The predicted molar refractivity (Wildman–Crippen MR) is 97.0 cm³/mol. The number of rotatable bonds is 2. The van der Waals surface area contributed by atoms with Crippen LogP contribution in [-0.4, -0.2) is 18.6 Å². The number of anilines is 1. The van der Waals surface area contributed by atoms with E-state index in [1.54, 1.807) is 4.90 Å². The van der Waals surface area contributed by atoms with Gasteiger partial charge in [-0.1, -0.05) is 41.4 Å². The average molecular weight is 360 g/mol. The lowest BCUT2D eigenvalue weighted by Gasteiger charge is -2.24. The summed E-state index contributed by atoms with van der Waals surface area (Å²) in [6.45, 7) is 2.54. The molecule has 0 radical (unpaired) electrons. The minimum atomic E-state index is -0.353. The number of amides is 1. The Morgan fingerprint density at radius 2 is 1.79 bits per heavy atom. The second-order valence-corrected chi connectivity index (χ2v) is 6.74. The molecule has 2 aliphatic heterocycles. The van der Waals surface area contributed by atoms with Gasteiger partial charge in [0.2, 0.25) is 0 Å². The number of aryl methyl sites for hydroxylation is 1. The summed E-state index contributed by atoms with van der Waals surface area (Å²) >= 11 is 12.2. The van der Waals surface area contributed by atoms with E-state index in [2.05, 4.69) is 10.6 Å². The fourth-order valence-corrected chi connectivity index (χ4v) is 3.49. The quantitative estimate of drug-likeness (QED) is 0.861. The molecule has 0 bridgehead atoms. The molecule has 0 aliphatic carbocycles. The molecular formula is C18H15Cl2N3O. The third kappa shape index (κ3) is 2.38. The SMILES string of the molecule is Cc1ccc(Cl)cc1N1C(=O)C2NCNC2=C1c1ccc(Cl)cc1. The van der Waals surface area contributed by atoms with E-state index in [-0.39, 0.29) is 11.9 Å². The molecule has 0 aromatic heterocycles. The second kappa shape index (κ2) is 5.81. The highest BCUT2D eigenvalue weighted by atomic mass is 35.5. The van der Waals surface area contributed by atoms with Crippen LogP contribution < -0.4 is 15.5 Å². The van der Waals surface area contributed by atoms with Crippen LogP contribution in [0.2, 0.25) is 10.0 Å². The number of carbonyl (C=O) groups is 1. The fraction of sp³-hybridized carbons (Fsp3) is 0.167. The molecule has 122 valence electrons. The van der Waals surface area contributed by atoms with Gasteiger partial charge in [-0.25, -0.2) is 0 Å². The lowest BCUT2D eigenvalue weighted by molar-refractivity contribution is -0.118. The molecule has 24 heavy (non-hydrogen) atoms. The van der Waals surface area contributed by atoms with Crippen LogP contribution in [0.3, 0.4) is 0 Å². The summed E-state index contributed by atoms with van der Waals surface area (Å²) in [5, 5.41) is 7.74. The summed E-state index contributed by atoms with van der Waals surface area (Å²) in [5.41, 5.74) is 4.45. The molecule has 4 rings (SSSR count). The molecule has 2 aromatic carbocycles. The standard InChI is InChI=1S/C18H15Cl2N3O/c1-10-2-5-13(20)8-14(10)23-17(11-3-6-12(19)7-4-11)15-16(18(23)24)22-9-21-15/h2-8,16,21-22H,9H2,1H3. The van der Waals surface area contributed by atoms with E-state index in [1.807, 2.05) is 49.4 Å². The predicted octanol–water partition coefficient (Wildman–Crippen LogP) is 3.54. The number of carbonyl (C=O) groups excluding carboxylic acids is 1. The molecule has 2 aromatic rings. The first-order chi connectivity index (χ1) is 11.6. The Balaban J connectivity index is 1.91. The summed E-state index contributed by atoms with van der Waals surface area (Å²) in [5.74, 6) is -0.00897. The first-order valence-corrected chi connectivity index (χ1v) is 8.39. The van der Waals surface area contributed by atoms with Gasteiger partial charge in [-0.05, 0) is 36.8 Å². The maximum atomic E-state index is 13.0. The topological polar surface area (TPSA) is 44.4 Å². The summed E-state index contributed by atoms with van der Waals surface area (Å²) in [6, 6.07) is 12.7. The maximum absolute atomic E-state index is 13.0. The molecule has 2 heterocycles. The van der Waals surface area contributed by atoms with Gasteiger partial charge in [-0.2, -0.15) is 0 Å². The van der Waals surface area contributed by atoms with E-state index in [1.165, 1.54) is 0 Å². The second-order valence-electron chi connectivity index (χ2n) is 5.86. The largest absolute Gasteiger partial charge is 0.372 e. The van der Waals surface area contributed by atoms with Gasteiger partial charge in [0.25, 0.3) is 5.91 Å². The van der Waals surface area contributed by atoms with Gasteiger partial charge in [0.15, 0.2) is 0 Å². The Morgan fingerprint density at radius 3 is 2.54 bits per heavy atom. The molecular weight excluding hydrogens is 345 g/mol. The molecule has 1 atom stereocenters. The van der Waals surface area contributed by atoms with Crippen molar-refractivity contribution < 1.29 is 4.79 Å². The number of hydrogen-bond acceptors (Lipinski definition) is 3. The molecule has 6 heteroatoms. The first kappa shape index (κ1) is 15.5. The van der Waals surface area contributed by atoms with Gasteiger partial charge in [-0.15, -0.1) is 0 Å². The van der Waals surface area contributed by atoms with E-state index < -0.39 is 0 Å². The number of hydrogen-bond donors (Lipinski definition) is 2. The highest BCUT2D eigenvalue weighted by molar-refractivity contribution is 6.31. The Bertz CT molecular complexity index is 861. The molecule has 1 fully saturated rings. The van der Waals surface area contributed by atoms with Crippen molar-refractivity contribution in [3.8, 4) is 0 Å². The summed E-state index contributed by atoms with van der Waals surface area (Å²) in [7, 11) is 0. The van der Waals surface area contributed by atoms with Crippen LogP contribution in [0.4, 0.5) is 5.69 Å². The highest BCUT2D eigenvalue weighted by Crippen LogP contribution is 2.39. The molecule has 2 aliphatic rings. The summed E-state index contributed by atoms with van der Waals surface area (Å²) in [4.78, 5) is 14.8. The molecule has 0 saturated carbocycles. The van der Waals surface area contributed by atoms with Gasteiger partial charge in [0.1, 0.15) is 6.04 Å². The molecule has 4 nitrogen and oxygen atoms in total. The Kier molecular flexibility index (Phi) is 3.76. The van der Waals surface area contributed by atoms with E-state index in [4.69, 9.17) is 23.2 Å². The van der Waals surface area contributed by atoms with Crippen LogP contribution in [-0.2, 0) is 4.79 Å². The van der Waals surface area contributed by atoms with Crippen molar-refractivity contribution in [3.05, 3.63) is 69.3 Å². The zero-order chi connectivity index (χ0) is 16.8. The Morgan fingerprint density at radius 1 is 1.08 bits per heavy atom. The van der Waals surface area contributed by atoms with Crippen molar-refractivity contribution in [2.75, 3.05) is 11.6 Å². The van der Waals surface area contributed by atoms with Crippen LogP contribution in [0, 0.1) is 6.92 Å². The van der Waals surface area contributed by atoms with Crippen molar-refractivity contribution in [2.45, 2.75) is 13.0 Å². The number of nitrogens with zero attached hydrogens (tertiary/aromatic N) is 1. The monoisotopic (exact) mass is 359 g/mol. The average Bonchev–Trinajstić information content (AvgIpc) is 3.13. The third-order valence-corrected chi connectivity index (χ3v) is 4.84. The third-order valence-electron chi connectivity index (χ3n) is 4.35. The van der Waals surface area contributed by atoms with Crippen LogP contribution in [0.25, 0.3) is 5.70 Å². The van der Waals surface area contributed by atoms with Gasteiger partial charge in [0, 0.05) is 15.6 Å². The van der Waals surface area contributed by atoms with Crippen LogP contribution >= 0.6 is 23.2 Å². The van der Waals surface area contributed by atoms with Gasteiger partial charge < -0.3 is 5.32 Å². The van der Waals surface area contributed by atoms with Crippen LogP contribution in [0.15, 0.2) is 48.2 Å². The number of benzene rings is 2. The number of halogens is 2. The molecule has 0 spiro atoms. The highest BCUT2D eigenvalue weighted by Gasteiger charge is 2.43. The van der Waals surface area contributed by atoms with Gasteiger partial charge in [0.05, 0.1) is 23.8 Å². The van der Waals surface area contributed by atoms with E-state index in [0.29, 0.717) is 16.7 Å². The molecule has 1 saturated heterocycles. The van der Waals surface area contributed by atoms with Crippen molar-refractivity contribution in [2.24, 2.45) is 0 Å². The number of nitrogens with one attached hydrogen (secondary N) is 2. The van der Waals surface area contributed by atoms with Gasteiger partial charge in [-0.3, -0.25) is 15.0 Å². The van der Waals surface area contributed by atoms with Crippen molar-refractivity contribution in [1.29, 1.82) is 0 Å². The van der Waals surface area contributed by atoms with Crippen LogP contribution in [0.5, 0.6) is 0 Å². The fourth-order valence-electron chi connectivity index (χ4n) is 3.20. The first-order valence-electron chi connectivity index (χ1n) is 7.64. The minimum Gasteiger partial charge on any atom is -0.372 e.